The van der Waals surface area contributed by atoms with Crippen LogP contribution in [0.15, 0.2) is 42.5 Å². The fourth-order valence-electron chi connectivity index (χ4n) is 2.64. The molecule has 0 saturated carbocycles. The maximum Gasteiger partial charge on any atom is 0.255 e. The van der Waals surface area contributed by atoms with Crippen molar-refractivity contribution in [2.24, 2.45) is 0 Å². The molecule has 0 radical (unpaired) electrons. The summed E-state index contributed by atoms with van der Waals surface area (Å²) in [6, 6.07) is 13.0. The number of carbonyl (C=O) groups excluding carboxylic acids is 1. The largest absolute Gasteiger partial charge is 0.371 e. The molecule has 2 aromatic carbocycles. The van der Waals surface area contributed by atoms with Gasteiger partial charge >= 0.3 is 0 Å². The monoisotopic (exact) mass is 330 g/mol. The molecule has 4 nitrogen and oxygen atoms in total. The van der Waals surface area contributed by atoms with Gasteiger partial charge in [-0.3, -0.25) is 4.79 Å². The van der Waals surface area contributed by atoms with Crippen LogP contribution in [0.2, 0.25) is 5.02 Å². The lowest BCUT2D eigenvalue weighted by Gasteiger charge is -2.24. The van der Waals surface area contributed by atoms with Crippen molar-refractivity contribution in [2.45, 2.75) is 13.0 Å². The molecule has 0 spiro atoms. The minimum absolute atomic E-state index is 0.0759. The number of amides is 1. The minimum Gasteiger partial charge on any atom is -0.371 e. The van der Waals surface area contributed by atoms with E-state index in [2.05, 4.69) is 10.6 Å². The Hall–Kier alpha value is -1.88. The lowest BCUT2D eigenvalue weighted by Crippen LogP contribution is -2.33. The number of rotatable bonds is 3. The van der Waals surface area contributed by atoms with Crippen LogP contribution in [0.1, 0.15) is 27.6 Å². The highest BCUT2D eigenvalue weighted by Crippen LogP contribution is 2.22. The van der Waals surface area contributed by atoms with E-state index >= 15 is 0 Å². The number of nitrogens with one attached hydrogen (secondary N) is 2. The molecule has 5 heteroatoms. The first-order valence-electron chi connectivity index (χ1n) is 7.63. The maximum absolute atomic E-state index is 12.3. The van der Waals surface area contributed by atoms with Crippen molar-refractivity contribution in [1.82, 2.24) is 5.32 Å². The molecule has 2 N–H and O–H groups in total. The highest BCUT2D eigenvalue weighted by atomic mass is 35.5. The Morgan fingerprint density at radius 1 is 1.26 bits per heavy atom. The molecule has 1 saturated heterocycles. The van der Waals surface area contributed by atoms with Gasteiger partial charge in [0.05, 0.1) is 12.7 Å². The number of morpholine rings is 1. The summed E-state index contributed by atoms with van der Waals surface area (Å²) < 4.78 is 5.72. The van der Waals surface area contributed by atoms with Gasteiger partial charge in [0.25, 0.3) is 5.91 Å². The third-order valence-electron chi connectivity index (χ3n) is 3.90. The molecular formula is C18H19ClN2O2. The van der Waals surface area contributed by atoms with Crippen LogP contribution in [0.3, 0.4) is 0 Å². The number of benzene rings is 2. The van der Waals surface area contributed by atoms with Gasteiger partial charge in [0, 0.05) is 29.4 Å². The number of aryl methyl sites for hydroxylation is 1. The molecule has 1 amide bonds. The summed E-state index contributed by atoms with van der Waals surface area (Å²) in [6.45, 7) is 4.30. The molecule has 2 aromatic rings. The van der Waals surface area contributed by atoms with Crippen molar-refractivity contribution in [3.05, 3.63) is 64.2 Å². The van der Waals surface area contributed by atoms with E-state index in [-0.39, 0.29) is 12.0 Å². The fourth-order valence-corrected chi connectivity index (χ4v) is 2.87. The Morgan fingerprint density at radius 3 is 2.70 bits per heavy atom. The molecule has 120 valence electrons. The number of hydrogen-bond donors (Lipinski definition) is 2. The molecule has 0 aromatic heterocycles. The summed E-state index contributed by atoms with van der Waals surface area (Å²) in [5.74, 6) is -0.137. The predicted molar refractivity (Wildman–Crippen MR) is 92.1 cm³/mol. The molecule has 1 aliphatic rings. The molecule has 1 unspecified atom stereocenters. The van der Waals surface area contributed by atoms with Gasteiger partial charge in [-0.1, -0.05) is 23.7 Å². The van der Waals surface area contributed by atoms with Crippen molar-refractivity contribution < 1.29 is 9.53 Å². The lowest BCUT2D eigenvalue weighted by atomic mass is 10.1. The summed E-state index contributed by atoms with van der Waals surface area (Å²) in [6.07, 6.45) is 0.0759. The van der Waals surface area contributed by atoms with E-state index in [0.717, 1.165) is 36.5 Å². The van der Waals surface area contributed by atoms with Crippen LogP contribution in [-0.4, -0.2) is 25.6 Å². The van der Waals surface area contributed by atoms with Crippen molar-refractivity contribution in [3.8, 4) is 0 Å². The summed E-state index contributed by atoms with van der Waals surface area (Å²) in [5.41, 5.74) is 3.35. The average Bonchev–Trinajstić information content (AvgIpc) is 2.56. The maximum atomic E-state index is 12.3. The predicted octanol–water partition coefficient (Wildman–Crippen LogP) is 3.56. The molecule has 3 rings (SSSR count). The summed E-state index contributed by atoms with van der Waals surface area (Å²) in [7, 11) is 0. The Labute approximate surface area is 140 Å². The Morgan fingerprint density at radius 2 is 2.04 bits per heavy atom. The minimum atomic E-state index is -0.137. The fraction of sp³-hybridized carbons (Fsp3) is 0.278. The van der Waals surface area contributed by atoms with Crippen LogP contribution >= 0.6 is 11.6 Å². The standard InChI is InChI=1S/C18H19ClN2O2/c1-12-10-14(19)4-7-16(12)18(22)21-15-5-2-13(3-6-15)17-11-20-8-9-23-17/h2-7,10,17,20H,8-9,11H2,1H3,(H,21,22). The SMILES string of the molecule is Cc1cc(Cl)ccc1C(=O)Nc1ccc(C2CNCCO2)cc1. The Balaban J connectivity index is 1.69. The molecule has 0 aliphatic carbocycles. The topological polar surface area (TPSA) is 50.4 Å². The zero-order chi connectivity index (χ0) is 16.2. The first-order valence-corrected chi connectivity index (χ1v) is 8.01. The first kappa shape index (κ1) is 16.0. The zero-order valence-corrected chi connectivity index (χ0v) is 13.7. The van der Waals surface area contributed by atoms with Gasteiger partial charge in [0.2, 0.25) is 0 Å². The quantitative estimate of drug-likeness (QED) is 0.904. The number of ether oxygens (including phenoxy) is 1. The summed E-state index contributed by atoms with van der Waals surface area (Å²) >= 11 is 5.92. The van der Waals surface area contributed by atoms with E-state index in [1.54, 1.807) is 18.2 Å². The molecule has 1 fully saturated rings. The van der Waals surface area contributed by atoms with Gasteiger partial charge in [0.15, 0.2) is 0 Å². The van der Waals surface area contributed by atoms with Crippen LogP contribution in [0.25, 0.3) is 0 Å². The summed E-state index contributed by atoms with van der Waals surface area (Å²) in [5, 5.41) is 6.85. The Kier molecular flexibility index (Phi) is 4.96. The lowest BCUT2D eigenvalue weighted by molar-refractivity contribution is 0.0277. The second-order valence-electron chi connectivity index (χ2n) is 5.60. The third kappa shape index (κ3) is 3.91. The number of hydrogen-bond acceptors (Lipinski definition) is 3. The van der Waals surface area contributed by atoms with Gasteiger partial charge in [0.1, 0.15) is 0 Å². The number of carbonyl (C=O) groups is 1. The van der Waals surface area contributed by atoms with Crippen LogP contribution in [0.5, 0.6) is 0 Å². The van der Waals surface area contributed by atoms with Gasteiger partial charge < -0.3 is 15.4 Å². The normalized spacial score (nSPS) is 17.7. The van der Waals surface area contributed by atoms with E-state index in [9.17, 15) is 4.79 Å². The van der Waals surface area contributed by atoms with Gasteiger partial charge in [-0.2, -0.15) is 0 Å². The van der Waals surface area contributed by atoms with Crippen molar-refractivity contribution >= 4 is 23.2 Å². The smallest absolute Gasteiger partial charge is 0.255 e. The van der Waals surface area contributed by atoms with Gasteiger partial charge in [-0.25, -0.2) is 0 Å². The number of halogens is 1. The molecule has 1 atom stereocenters. The molecule has 1 aliphatic heterocycles. The van der Waals surface area contributed by atoms with Crippen LogP contribution in [0, 0.1) is 6.92 Å². The van der Waals surface area contributed by atoms with Crippen LogP contribution in [-0.2, 0) is 4.74 Å². The van der Waals surface area contributed by atoms with Crippen molar-refractivity contribution in [1.29, 1.82) is 0 Å². The van der Waals surface area contributed by atoms with Crippen LogP contribution in [0.4, 0.5) is 5.69 Å². The molecule has 23 heavy (non-hydrogen) atoms. The zero-order valence-electron chi connectivity index (χ0n) is 12.9. The van der Waals surface area contributed by atoms with Crippen molar-refractivity contribution in [2.75, 3.05) is 25.0 Å². The average molecular weight is 331 g/mol. The second kappa shape index (κ2) is 7.13. The Bertz CT molecular complexity index is 695. The van der Waals surface area contributed by atoms with Gasteiger partial charge in [-0.15, -0.1) is 0 Å². The highest BCUT2D eigenvalue weighted by Gasteiger charge is 2.15. The van der Waals surface area contributed by atoms with E-state index in [0.29, 0.717) is 10.6 Å². The second-order valence-corrected chi connectivity index (χ2v) is 6.04. The molecular weight excluding hydrogens is 312 g/mol. The van der Waals surface area contributed by atoms with Gasteiger partial charge in [-0.05, 0) is 48.4 Å². The highest BCUT2D eigenvalue weighted by molar-refractivity contribution is 6.30. The molecule has 1 heterocycles. The molecule has 0 bridgehead atoms. The number of anilines is 1. The summed E-state index contributed by atoms with van der Waals surface area (Å²) in [4.78, 5) is 12.3. The third-order valence-corrected chi connectivity index (χ3v) is 4.14. The van der Waals surface area contributed by atoms with Crippen LogP contribution < -0.4 is 10.6 Å². The van der Waals surface area contributed by atoms with E-state index < -0.39 is 0 Å². The van der Waals surface area contributed by atoms with E-state index in [4.69, 9.17) is 16.3 Å². The van der Waals surface area contributed by atoms with E-state index in [1.165, 1.54) is 0 Å². The van der Waals surface area contributed by atoms with E-state index in [1.807, 2.05) is 31.2 Å². The first-order chi connectivity index (χ1) is 11.1. The van der Waals surface area contributed by atoms with Crippen molar-refractivity contribution in [3.63, 3.8) is 0 Å².